The van der Waals surface area contributed by atoms with Crippen LogP contribution in [0.4, 0.5) is 5.69 Å². The van der Waals surface area contributed by atoms with Gasteiger partial charge < -0.3 is 5.32 Å². The number of hydrogen-bond acceptors (Lipinski definition) is 3. The summed E-state index contributed by atoms with van der Waals surface area (Å²) in [6, 6.07) is 30.1. The van der Waals surface area contributed by atoms with Crippen LogP contribution < -0.4 is 10.9 Å². The number of anilines is 1. The monoisotopic (exact) mass is 479 g/mol. The molecule has 0 bridgehead atoms. The SMILES string of the molecule is Cc1nc2ccc(NC(=O)c3ccc(Cl)cc3)cc2c(=O)n1Cc1ccc(-c2ccccc2)cc1. The Labute approximate surface area is 207 Å². The lowest BCUT2D eigenvalue weighted by molar-refractivity contribution is 0.102. The molecule has 0 aliphatic heterocycles. The van der Waals surface area contributed by atoms with Gasteiger partial charge in [-0.15, -0.1) is 0 Å². The fraction of sp³-hybridized carbons (Fsp3) is 0.0690. The summed E-state index contributed by atoms with van der Waals surface area (Å²) in [5, 5.41) is 3.85. The third-order valence-corrected chi connectivity index (χ3v) is 6.16. The zero-order chi connectivity index (χ0) is 24.4. The van der Waals surface area contributed by atoms with E-state index in [4.69, 9.17) is 11.6 Å². The van der Waals surface area contributed by atoms with Gasteiger partial charge in [0.2, 0.25) is 0 Å². The molecule has 0 spiro atoms. The summed E-state index contributed by atoms with van der Waals surface area (Å²) in [5.74, 6) is 0.354. The van der Waals surface area contributed by atoms with E-state index < -0.39 is 0 Å². The molecule has 0 saturated heterocycles. The summed E-state index contributed by atoms with van der Waals surface area (Å²) in [5.41, 5.74) is 4.72. The van der Waals surface area contributed by atoms with Crippen molar-refractivity contribution in [2.45, 2.75) is 13.5 Å². The molecule has 1 amide bonds. The molecule has 0 atom stereocenters. The Kier molecular flexibility index (Phi) is 6.17. The average Bonchev–Trinajstić information content (AvgIpc) is 2.88. The number of nitrogens with one attached hydrogen (secondary N) is 1. The third-order valence-electron chi connectivity index (χ3n) is 5.91. The zero-order valence-electron chi connectivity index (χ0n) is 19.0. The van der Waals surface area contributed by atoms with Crippen LogP contribution in [0.15, 0.2) is 102 Å². The van der Waals surface area contributed by atoms with E-state index in [9.17, 15) is 9.59 Å². The highest BCUT2D eigenvalue weighted by Gasteiger charge is 2.12. The molecule has 172 valence electrons. The molecule has 5 rings (SSSR count). The van der Waals surface area contributed by atoms with Crippen molar-refractivity contribution in [3.05, 3.63) is 129 Å². The second kappa shape index (κ2) is 9.57. The Morgan fingerprint density at radius 1 is 0.886 bits per heavy atom. The Balaban J connectivity index is 1.42. The first-order valence-corrected chi connectivity index (χ1v) is 11.6. The number of rotatable bonds is 5. The van der Waals surface area contributed by atoms with Gasteiger partial charge in [-0.05, 0) is 66.1 Å². The Bertz CT molecular complexity index is 1580. The van der Waals surface area contributed by atoms with Crippen LogP contribution in [-0.2, 0) is 6.54 Å². The van der Waals surface area contributed by atoms with Crippen molar-refractivity contribution in [3.8, 4) is 11.1 Å². The molecular formula is C29H22ClN3O2. The molecule has 0 radical (unpaired) electrons. The van der Waals surface area contributed by atoms with Gasteiger partial charge in [-0.1, -0.05) is 66.2 Å². The van der Waals surface area contributed by atoms with Crippen LogP contribution in [0.25, 0.3) is 22.0 Å². The first kappa shape index (κ1) is 22.6. The number of hydrogen-bond donors (Lipinski definition) is 1. The van der Waals surface area contributed by atoms with Crippen molar-refractivity contribution in [2.24, 2.45) is 0 Å². The van der Waals surface area contributed by atoms with E-state index in [-0.39, 0.29) is 11.5 Å². The summed E-state index contributed by atoms with van der Waals surface area (Å²) >= 11 is 5.90. The van der Waals surface area contributed by atoms with E-state index in [2.05, 4.69) is 34.6 Å². The molecule has 0 saturated carbocycles. The van der Waals surface area contributed by atoms with Gasteiger partial charge in [-0.2, -0.15) is 0 Å². The van der Waals surface area contributed by atoms with Crippen LogP contribution in [0, 0.1) is 6.92 Å². The van der Waals surface area contributed by atoms with Crippen molar-refractivity contribution in [1.82, 2.24) is 9.55 Å². The van der Waals surface area contributed by atoms with Crippen LogP contribution >= 0.6 is 11.6 Å². The molecule has 0 aliphatic carbocycles. The third kappa shape index (κ3) is 4.86. The fourth-order valence-corrected chi connectivity index (χ4v) is 4.14. The smallest absolute Gasteiger partial charge is 0.261 e. The maximum atomic E-state index is 13.4. The highest BCUT2D eigenvalue weighted by atomic mass is 35.5. The van der Waals surface area contributed by atoms with E-state index in [0.29, 0.717) is 39.5 Å². The highest BCUT2D eigenvalue weighted by Crippen LogP contribution is 2.21. The van der Waals surface area contributed by atoms with E-state index in [1.807, 2.05) is 37.3 Å². The molecular weight excluding hydrogens is 458 g/mol. The van der Waals surface area contributed by atoms with Gasteiger partial charge >= 0.3 is 0 Å². The summed E-state index contributed by atoms with van der Waals surface area (Å²) in [7, 11) is 0. The van der Waals surface area contributed by atoms with Crippen LogP contribution in [-0.4, -0.2) is 15.5 Å². The Morgan fingerprint density at radius 3 is 2.29 bits per heavy atom. The molecule has 5 aromatic rings. The second-order valence-corrected chi connectivity index (χ2v) is 8.74. The molecule has 0 aliphatic rings. The molecule has 0 fully saturated rings. The molecule has 1 aromatic heterocycles. The zero-order valence-corrected chi connectivity index (χ0v) is 19.8. The maximum Gasteiger partial charge on any atom is 0.261 e. The number of aromatic nitrogens is 2. The normalized spacial score (nSPS) is 10.9. The summed E-state index contributed by atoms with van der Waals surface area (Å²) in [6.45, 7) is 2.24. The van der Waals surface area contributed by atoms with Crippen LogP contribution in [0.5, 0.6) is 0 Å². The lowest BCUT2D eigenvalue weighted by atomic mass is 10.0. The lowest BCUT2D eigenvalue weighted by Crippen LogP contribution is -2.24. The standard InChI is InChI=1S/C29H22ClN3O2/c1-19-31-27-16-15-25(32-28(34)23-11-13-24(30)14-12-23)17-26(27)29(35)33(19)18-20-7-9-22(10-8-20)21-5-3-2-4-6-21/h2-17H,18H2,1H3,(H,32,34). The number of benzene rings is 4. The van der Waals surface area contributed by atoms with E-state index in [0.717, 1.165) is 16.7 Å². The van der Waals surface area contributed by atoms with Crippen molar-refractivity contribution < 1.29 is 4.79 Å². The first-order chi connectivity index (χ1) is 17.0. The molecule has 1 heterocycles. The molecule has 35 heavy (non-hydrogen) atoms. The Morgan fingerprint density at radius 2 is 1.57 bits per heavy atom. The van der Waals surface area contributed by atoms with E-state index in [1.165, 1.54) is 0 Å². The highest BCUT2D eigenvalue weighted by molar-refractivity contribution is 6.30. The minimum Gasteiger partial charge on any atom is -0.322 e. The molecule has 0 unspecified atom stereocenters. The summed E-state index contributed by atoms with van der Waals surface area (Å²) in [4.78, 5) is 30.6. The minimum absolute atomic E-state index is 0.151. The number of fused-ring (bicyclic) bond motifs is 1. The Hall–Kier alpha value is -4.22. The van der Waals surface area contributed by atoms with Gasteiger partial charge in [0.1, 0.15) is 5.82 Å². The predicted octanol–water partition coefficient (Wildman–Crippen LogP) is 6.33. The van der Waals surface area contributed by atoms with Crippen LogP contribution in [0.1, 0.15) is 21.7 Å². The van der Waals surface area contributed by atoms with Gasteiger partial charge in [0.25, 0.3) is 11.5 Å². The number of halogens is 1. The van der Waals surface area contributed by atoms with Crippen molar-refractivity contribution in [1.29, 1.82) is 0 Å². The molecule has 5 nitrogen and oxygen atoms in total. The van der Waals surface area contributed by atoms with E-state index in [1.54, 1.807) is 47.0 Å². The minimum atomic E-state index is -0.278. The van der Waals surface area contributed by atoms with Gasteiger partial charge in [0.15, 0.2) is 0 Å². The van der Waals surface area contributed by atoms with Gasteiger partial charge in [0.05, 0.1) is 17.4 Å². The van der Waals surface area contributed by atoms with Crippen LogP contribution in [0.2, 0.25) is 5.02 Å². The molecule has 6 heteroatoms. The van der Waals surface area contributed by atoms with Gasteiger partial charge in [-0.3, -0.25) is 14.2 Å². The quantitative estimate of drug-likeness (QED) is 0.320. The maximum absolute atomic E-state index is 13.4. The topological polar surface area (TPSA) is 64.0 Å². The summed E-state index contributed by atoms with van der Waals surface area (Å²) in [6.07, 6.45) is 0. The number of nitrogens with zero attached hydrogens (tertiary/aromatic N) is 2. The lowest BCUT2D eigenvalue weighted by Gasteiger charge is -2.13. The number of carbonyl (C=O) groups excluding carboxylic acids is 1. The number of aryl methyl sites for hydroxylation is 1. The number of carbonyl (C=O) groups is 1. The predicted molar refractivity (Wildman–Crippen MR) is 141 cm³/mol. The largest absolute Gasteiger partial charge is 0.322 e. The average molecular weight is 480 g/mol. The second-order valence-electron chi connectivity index (χ2n) is 8.31. The number of amides is 1. The molecule has 4 aromatic carbocycles. The first-order valence-electron chi connectivity index (χ1n) is 11.2. The van der Waals surface area contributed by atoms with Crippen molar-refractivity contribution in [2.75, 3.05) is 5.32 Å². The molecule has 1 N–H and O–H groups in total. The summed E-state index contributed by atoms with van der Waals surface area (Å²) < 4.78 is 1.66. The van der Waals surface area contributed by atoms with Gasteiger partial charge in [-0.25, -0.2) is 4.98 Å². The van der Waals surface area contributed by atoms with Gasteiger partial charge in [0, 0.05) is 16.3 Å². The fourth-order valence-electron chi connectivity index (χ4n) is 4.02. The van der Waals surface area contributed by atoms with Crippen LogP contribution in [0.3, 0.4) is 0 Å². The van der Waals surface area contributed by atoms with Crippen molar-refractivity contribution >= 4 is 34.1 Å². The van der Waals surface area contributed by atoms with E-state index >= 15 is 0 Å². The van der Waals surface area contributed by atoms with Crippen molar-refractivity contribution in [3.63, 3.8) is 0 Å².